The van der Waals surface area contributed by atoms with Crippen LogP contribution in [0.15, 0.2) is 34.9 Å². The van der Waals surface area contributed by atoms with Crippen LogP contribution < -0.4 is 10.1 Å². The fourth-order valence-electron chi connectivity index (χ4n) is 1.82. The van der Waals surface area contributed by atoms with Crippen molar-refractivity contribution in [2.45, 2.75) is 32.9 Å². The van der Waals surface area contributed by atoms with E-state index in [0.29, 0.717) is 12.6 Å². The highest BCUT2D eigenvalue weighted by Crippen LogP contribution is 2.15. The Hall–Kier alpha value is -1.81. The van der Waals surface area contributed by atoms with Crippen molar-refractivity contribution in [3.63, 3.8) is 0 Å². The Morgan fingerprint density at radius 1 is 1.32 bits per heavy atom. The van der Waals surface area contributed by atoms with Crippen molar-refractivity contribution in [3.8, 4) is 5.75 Å². The van der Waals surface area contributed by atoms with E-state index in [1.54, 1.807) is 0 Å². The third kappa shape index (κ3) is 4.10. The van der Waals surface area contributed by atoms with Gasteiger partial charge in [-0.15, -0.1) is 0 Å². The molecule has 0 aliphatic rings. The summed E-state index contributed by atoms with van der Waals surface area (Å²) in [7, 11) is 1.97. The Kier molecular flexibility index (Phi) is 4.58. The monoisotopic (exact) mass is 260 g/mol. The fraction of sp³-hybridized carbons (Fsp3) is 0.400. The van der Waals surface area contributed by atoms with Crippen LogP contribution >= 0.6 is 0 Å². The maximum atomic E-state index is 5.64. The van der Waals surface area contributed by atoms with Gasteiger partial charge >= 0.3 is 0 Å². The van der Waals surface area contributed by atoms with Gasteiger partial charge in [0.25, 0.3) is 0 Å². The molecule has 1 aromatic heterocycles. The van der Waals surface area contributed by atoms with E-state index in [1.165, 1.54) is 5.56 Å². The molecule has 1 heterocycles. The topological polar surface area (TPSA) is 47.3 Å². The Balaban J connectivity index is 1.88. The summed E-state index contributed by atoms with van der Waals surface area (Å²) in [5.74, 6) is 1.58. The predicted octanol–water partition coefficient (Wildman–Crippen LogP) is 2.71. The van der Waals surface area contributed by atoms with Gasteiger partial charge in [-0.1, -0.05) is 17.3 Å². The summed E-state index contributed by atoms with van der Waals surface area (Å²) in [5, 5.41) is 7.05. The molecule has 0 fully saturated rings. The molecule has 102 valence electrons. The highest BCUT2D eigenvalue weighted by Gasteiger charge is 2.03. The van der Waals surface area contributed by atoms with Crippen molar-refractivity contribution >= 4 is 0 Å². The quantitative estimate of drug-likeness (QED) is 0.867. The molecular weight excluding hydrogens is 240 g/mol. The lowest BCUT2D eigenvalue weighted by atomic mass is 10.1. The molecule has 1 unspecified atom stereocenters. The van der Waals surface area contributed by atoms with Gasteiger partial charge in [-0.05, 0) is 45.0 Å². The van der Waals surface area contributed by atoms with E-state index in [1.807, 2.05) is 32.2 Å². The largest absolute Gasteiger partial charge is 0.486 e. The number of nitrogens with one attached hydrogen (secondary N) is 1. The SMILES string of the molecule is CNC(C)Cc1ccc(OCc2cc(C)no2)cc1. The molecule has 0 aliphatic heterocycles. The predicted molar refractivity (Wildman–Crippen MR) is 74.2 cm³/mol. The van der Waals surface area contributed by atoms with E-state index in [2.05, 4.69) is 29.5 Å². The van der Waals surface area contributed by atoms with Crippen LogP contribution in [0.4, 0.5) is 0 Å². The summed E-state index contributed by atoms with van der Waals surface area (Å²) in [6.07, 6.45) is 1.01. The lowest BCUT2D eigenvalue weighted by Gasteiger charge is -2.10. The van der Waals surface area contributed by atoms with E-state index >= 15 is 0 Å². The van der Waals surface area contributed by atoms with Crippen LogP contribution in [0.3, 0.4) is 0 Å². The zero-order chi connectivity index (χ0) is 13.7. The average molecular weight is 260 g/mol. The third-order valence-corrected chi connectivity index (χ3v) is 3.02. The van der Waals surface area contributed by atoms with Gasteiger partial charge in [-0.2, -0.15) is 0 Å². The summed E-state index contributed by atoms with van der Waals surface area (Å²) >= 11 is 0. The minimum atomic E-state index is 0.410. The molecule has 2 aromatic rings. The molecule has 4 nitrogen and oxygen atoms in total. The van der Waals surface area contributed by atoms with Crippen LogP contribution in [-0.2, 0) is 13.0 Å². The molecule has 4 heteroatoms. The first-order valence-electron chi connectivity index (χ1n) is 6.48. The summed E-state index contributed by atoms with van der Waals surface area (Å²) in [6.45, 7) is 4.47. The zero-order valence-corrected chi connectivity index (χ0v) is 11.6. The van der Waals surface area contributed by atoms with Crippen molar-refractivity contribution in [1.29, 1.82) is 0 Å². The molecule has 0 saturated heterocycles. The Morgan fingerprint density at radius 3 is 2.63 bits per heavy atom. The molecule has 19 heavy (non-hydrogen) atoms. The summed E-state index contributed by atoms with van der Waals surface area (Å²) in [6, 6.07) is 10.5. The second-order valence-corrected chi connectivity index (χ2v) is 4.76. The van der Waals surface area contributed by atoms with Crippen LogP contribution in [-0.4, -0.2) is 18.2 Å². The molecule has 0 bridgehead atoms. The second-order valence-electron chi connectivity index (χ2n) is 4.76. The Morgan fingerprint density at radius 2 is 2.05 bits per heavy atom. The second kappa shape index (κ2) is 6.38. The fourth-order valence-corrected chi connectivity index (χ4v) is 1.82. The highest BCUT2D eigenvalue weighted by molar-refractivity contribution is 5.27. The summed E-state index contributed by atoms with van der Waals surface area (Å²) < 4.78 is 10.7. The zero-order valence-electron chi connectivity index (χ0n) is 11.6. The molecule has 0 amide bonds. The van der Waals surface area contributed by atoms with E-state index in [9.17, 15) is 0 Å². The highest BCUT2D eigenvalue weighted by atomic mass is 16.5. The third-order valence-electron chi connectivity index (χ3n) is 3.02. The molecule has 1 aromatic carbocycles. The van der Waals surface area contributed by atoms with E-state index in [0.717, 1.165) is 23.6 Å². The Labute approximate surface area is 113 Å². The molecule has 0 saturated carbocycles. The first-order valence-corrected chi connectivity index (χ1v) is 6.48. The van der Waals surface area contributed by atoms with Gasteiger partial charge in [-0.25, -0.2) is 0 Å². The van der Waals surface area contributed by atoms with Crippen LogP contribution in [0, 0.1) is 6.92 Å². The minimum Gasteiger partial charge on any atom is -0.486 e. The lowest BCUT2D eigenvalue weighted by molar-refractivity contribution is 0.248. The minimum absolute atomic E-state index is 0.410. The van der Waals surface area contributed by atoms with Crippen LogP contribution in [0.2, 0.25) is 0 Å². The van der Waals surface area contributed by atoms with Gasteiger partial charge < -0.3 is 14.6 Å². The van der Waals surface area contributed by atoms with Gasteiger partial charge in [0, 0.05) is 12.1 Å². The van der Waals surface area contributed by atoms with Crippen LogP contribution in [0.1, 0.15) is 23.9 Å². The first kappa shape index (κ1) is 13.6. The molecule has 0 aliphatic carbocycles. The van der Waals surface area contributed by atoms with Gasteiger partial charge in [0.2, 0.25) is 0 Å². The number of ether oxygens (including phenoxy) is 1. The number of hydrogen-bond donors (Lipinski definition) is 1. The van der Waals surface area contributed by atoms with Crippen molar-refractivity contribution < 1.29 is 9.26 Å². The van der Waals surface area contributed by atoms with Crippen LogP contribution in [0.25, 0.3) is 0 Å². The molecule has 1 N–H and O–H groups in total. The van der Waals surface area contributed by atoms with Gasteiger partial charge in [-0.3, -0.25) is 0 Å². The summed E-state index contributed by atoms with van der Waals surface area (Å²) in [5.41, 5.74) is 2.17. The summed E-state index contributed by atoms with van der Waals surface area (Å²) in [4.78, 5) is 0. The van der Waals surface area contributed by atoms with Gasteiger partial charge in [0.05, 0.1) is 5.69 Å². The first-order chi connectivity index (χ1) is 9.17. The lowest BCUT2D eigenvalue weighted by Crippen LogP contribution is -2.23. The molecule has 0 spiro atoms. The molecule has 1 atom stereocenters. The maximum absolute atomic E-state index is 5.64. The number of hydrogen-bond acceptors (Lipinski definition) is 4. The van der Waals surface area contributed by atoms with Crippen molar-refractivity contribution in [1.82, 2.24) is 10.5 Å². The number of rotatable bonds is 6. The average Bonchev–Trinajstić information content (AvgIpc) is 2.83. The van der Waals surface area contributed by atoms with Gasteiger partial charge in [0.1, 0.15) is 12.4 Å². The van der Waals surface area contributed by atoms with Crippen molar-refractivity contribution in [2.75, 3.05) is 7.05 Å². The van der Waals surface area contributed by atoms with E-state index < -0.39 is 0 Å². The smallest absolute Gasteiger partial charge is 0.174 e. The number of aryl methyl sites for hydroxylation is 1. The van der Waals surface area contributed by atoms with Crippen LogP contribution in [0.5, 0.6) is 5.75 Å². The standard InChI is InChI=1S/C15H20N2O2/c1-11(16-3)8-13-4-6-14(7-5-13)18-10-15-9-12(2)17-19-15/h4-7,9,11,16H,8,10H2,1-3H3. The molecule has 2 rings (SSSR count). The number of likely N-dealkylation sites (N-methyl/N-ethyl adjacent to an activating group) is 1. The molecular formula is C15H20N2O2. The van der Waals surface area contributed by atoms with E-state index in [4.69, 9.17) is 9.26 Å². The van der Waals surface area contributed by atoms with Gasteiger partial charge in [0.15, 0.2) is 5.76 Å². The number of aromatic nitrogens is 1. The normalized spacial score (nSPS) is 12.4. The molecule has 0 radical (unpaired) electrons. The van der Waals surface area contributed by atoms with Crippen molar-refractivity contribution in [3.05, 3.63) is 47.3 Å². The number of benzene rings is 1. The van der Waals surface area contributed by atoms with Crippen molar-refractivity contribution in [2.24, 2.45) is 0 Å². The Bertz CT molecular complexity index is 505. The van der Waals surface area contributed by atoms with E-state index in [-0.39, 0.29) is 0 Å². The number of nitrogens with zero attached hydrogens (tertiary/aromatic N) is 1. The maximum Gasteiger partial charge on any atom is 0.174 e.